The molecule has 1 atom stereocenters. The lowest BCUT2D eigenvalue weighted by molar-refractivity contribution is -0.0218. The number of aryl methyl sites for hydroxylation is 1. The highest BCUT2D eigenvalue weighted by molar-refractivity contribution is 5.87. The molecule has 1 aromatic heterocycles. The van der Waals surface area contributed by atoms with Crippen molar-refractivity contribution in [1.82, 2.24) is 9.55 Å². The van der Waals surface area contributed by atoms with Gasteiger partial charge in [0.05, 0.1) is 11.0 Å². The third-order valence-corrected chi connectivity index (χ3v) is 3.97. The second-order valence-electron chi connectivity index (χ2n) is 7.45. The smallest absolute Gasteiger partial charge is 0.464 e. The summed E-state index contributed by atoms with van der Waals surface area (Å²) in [5.41, 5.74) is 1.71. The molecule has 3 aromatic rings. The van der Waals surface area contributed by atoms with Crippen molar-refractivity contribution in [2.45, 2.75) is 39.4 Å². The number of imidazole rings is 1. The largest absolute Gasteiger partial charge is 0.509 e. The molecule has 0 bridgehead atoms. The van der Waals surface area contributed by atoms with Gasteiger partial charge < -0.3 is 14.6 Å². The van der Waals surface area contributed by atoms with Crippen LogP contribution < -0.4 is 0 Å². The Morgan fingerprint density at radius 3 is 2.39 bits per heavy atom. The summed E-state index contributed by atoms with van der Waals surface area (Å²) >= 11 is 0. The SMILES string of the molecule is Cc1ccc2c(c1)nc(C(OC(=O)OC(C)(C)C)c1ccccc1)n2C(=O)O. The van der Waals surface area contributed by atoms with Crippen LogP contribution in [-0.2, 0) is 9.47 Å². The van der Waals surface area contributed by atoms with E-state index < -0.39 is 24.0 Å². The summed E-state index contributed by atoms with van der Waals surface area (Å²) in [5, 5.41) is 9.79. The first-order chi connectivity index (χ1) is 13.2. The molecule has 1 N–H and O–H groups in total. The predicted octanol–water partition coefficient (Wildman–Crippen LogP) is 4.91. The zero-order valence-corrected chi connectivity index (χ0v) is 16.2. The van der Waals surface area contributed by atoms with Gasteiger partial charge >= 0.3 is 12.2 Å². The lowest BCUT2D eigenvalue weighted by atomic mass is 10.1. The Hall–Kier alpha value is -3.35. The van der Waals surface area contributed by atoms with E-state index in [0.717, 1.165) is 10.1 Å². The van der Waals surface area contributed by atoms with E-state index in [1.807, 2.05) is 13.0 Å². The second-order valence-corrected chi connectivity index (χ2v) is 7.45. The molecule has 0 aliphatic heterocycles. The number of hydrogen-bond donors (Lipinski definition) is 1. The van der Waals surface area contributed by atoms with E-state index in [2.05, 4.69) is 4.98 Å². The number of ether oxygens (including phenoxy) is 2. The van der Waals surface area contributed by atoms with Gasteiger partial charge in [0.25, 0.3) is 0 Å². The number of benzene rings is 2. The van der Waals surface area contributed by atoms with E-state index in [9.17, 15) is 14.7 Å². The summed E-state index contributed by atoms with van der Waals surface area (Å²) in [6.45, 7) is 7.06. The summed E-state index contributed by atoms with van der Waals surface area (Å²) < 4.78 is 11.8. The molecule has 0 aliphatic carbocycles. The van der Waals surface area contributed by atoms with Gasteiger partial charge in [-0.05, 0) is 45.4 Å². The molecule has 0 saturated heterocycles. The molecule has 0 fully saturated rings. The van der Waals surface area contributed by atoms with E-state index in [-0.39, 0.29) is 5.82 Å². The van der Waals surface area contributed by atoms with Gasteiger partial charge in [-0.2, -0.15) is 0 Å². The minimum Gasteiger partial charge on any atom is -0.464 e. The van der Waals surface area contributed by atoms with E-state index in [0.29, 0.717) is 16.6 Å². The van der Waals surface area contributed by atoms with Crippen LogP contribution >= 0.6 is 0 Å². The molecule has 7 heteroatoms. The number of fused-ring (bicyclic) bond motifs is 1. The van der Waals surface area contributed by atoms with Crippen LogP contribution in [0.15, 0.2) is 48.5 Å². The highest BCUT2D eigenvalue weighted by Gasteiger charge is 2.30. The van der Waals surface area contributed by atoms with Gasteiger partial charge in [0.1, 0.15) is 5.60 Å². The van der Waals surface area contributed by atoms with Crippen LogP contribution in [0, 0.1) is 6.92 Å². The molecular weight excluding hydrogens is 360 g/mol. The quantitative estimate of drug-likeness (QED) is 0.647. The summed E-state index contributed by atoms with van der Waals surface area (Å²) in [4.78, 5) is 28.8. The van der Waals surface area contributed by atoms with Crippen molar-refractivity contribution in [1.29, 1.82) is 0 Å². The van der Waals surface area contributed by atoms with Gasteiger partial charge in [-0.15, -0.1) is 0 Å². The van der Waals surface area contributed by atoms with Gasteiger partial charge in [0.2, 0.25) is 0 Å². The van der Waals surface area contributed by atoms with Gasteiger partial charge in [-0.1, -0.05) is 36.4 Å². The predicted molar refractivity (Wildman–Crippen MR) is 103 cm³/mol. The van der Waals surface area contributed by atoms with Gasteiger partial charge in [-0.3, -0.25) is 0 Å². The Bertz CT molecular complexity index is 1020. The monoisotopic (exact) mass is 382 g/mol. The van der Waals surface area contributed by atoms with Crippen LogP contribution in [0.2, 0.25) is 0 Å². The van der Waals surface area contributed by atoms with Crippen molar-refractivity contribution < 1.29 is 24.2 Å². The Morgan fingerprint density at radius 2 is 1.79 bits per heavy atom. The fraction of sp³-hybridized carbons (Fsp3) is 0.286. The molecule has 0 saturated carbocycles. The first-order valence-corrected chi connectivity index (χ1v) is 8.82. The maximum Gasteiger partial charge on any atom is 0.509 e. The molecule has 1 unspecified atom stereocenters. The van der Waals surface area contributed by atoms with E-state index >= 15 is 0 Å². The van der Waals surface area contributed by atoms with Gasteiger partial charge in [0, 0.05) is 5.56 Å². The van der Waals surface area contributed by atoms with Crippen molar-refractivity contribution in [2.24, 2.45) is 0 Å². The topological polar surface area (TPSA) is 90.7 Å². The summed E-state index contributed by atoms with van der Waals surface area (Å²) in [5.74, 6) is 0.0881. The average Bonchev–Trinajstić information content (AvgIpc) is 2.97. The van der Waals surface area contributed by atoms with Crippen molar-refractivity contribution in [3.05, 3.63) is 65.5 Å². The van der Waals surface area contributed by atoms with Crippen molar-refractivity contribution in [3.8, 4) is 0 Å². The number of nitrogens with zero attached hydrogens (tertiary/aromatic N) is 2. The van der Waals surface area contributed by atoms with Crippen LogP contribution in [0.25, 0.3) is 11.0 Å². The molecule has 0 spiro atoms. The fourth-order valence-electron chi connectivity index (χ4n) is 2.85. The number of carbonyl (C=O) groups excluding carboxylic acids is 1. The normalized spacial score (nSPS) is 12.6. The second kappa shape index (κ2) is 7.34. The highest BCUT2D eigenvalue weighted by atomic mass is 16.7. The van der Waals surface area contributed by atoms with Crippen LogP contribution in [-0.4, -0.2) is 32.5 Å². The molecule has 28 heavy (non-hydrogen) atoms. The molecule has 3 rings (SSSR count). The molecule has 0 amide bonds. The van der Waals surface area contributed by atoms with Gasteiger partial charge in [-0.25, -0.2) is 19.1 Å². The van der Waals surface area contributed by atoms with Crippen LogP contribution in [0.5, 0.6) is 0 Å². The zero-order valence-electron chi connectivity index (χ0n) is 16.2. The van der Waals surface area contributed by atoms with E-state index in [4.69, 9.17) is 9.47 Å². The lowest BCUT2D eigenvalue weighted by Gasteiger charge is -2.22. The van der Waals surface area contributed by atoms with Crippen LogP contribution in [0.1, 0.15) is 43.8 Å². The lowest BCUT2D eigenvalue weighted by Crippen LogP contribution is -2.27. The first-order valence-electron chi connectivity index (χ1n) is 8.82. The molecule has 0 radical (unpaired) electrons. The average molecular weight is 382 g/mol. The Kier molecular flexibility index (Phi) is 5.09. The summed E-state index contributed by atoms with van der Waals surface area (Å²) in [7, 11) is 0. The zero-order chi connectivity index (χ0) is 20.5. The maximum atomic E-state index is 12.3. The molecule has 1 heterocycles. The maximum absolute atomic E-state index is 12.3. The third-order valence-electron chi connectivity index (χ3n) is 3.97. The Balaban J connectivity index is 2.14. The Morgan fingerprint density at radius 1 is 1.11 bits per heavy atom. The molecule has 7 nitrogen and oxygen atoms in total. The minimum atomic E-state index is -1.21. The third kappa shape index (κ3) is 4.14. The van der Waals surface area contributed by atoms with E-state index in [1.54, 1.807) is 63.2 Å². The van der Waals surface area contributed by atoms with Crippen LogP contribution in [0.4, 0.5) is 9.59 Å². The number of aromatic nitrogens is 2. The standard InChI is InChI=1S/C21H22N2O5/c1-13-10-11-16-15(12-13)22-18(23(16)19(24)25)17(14-8-6-5-7-9-14)27-20(26)28-21(2,3)4/h5-12,17H,1-4H3,(H,24,25). The first kappa shape index (κ1) is 19.4. The van der Waals surface area contributed by atoms with Crippen molar-refractivity contribution in [2.75, 3.05) is 0 Å². The molecule has 2 aromatic carbocycles. The van der Waals surface area contributed by atoms with E-state index in [1.165, 1.54) is 0 Å². The minimum absolute atomic E-state index is 0.0881. The number of hydrogen-bond acceptors (Lipinski definition) is 5. The highest BCUT2D eigenvalue weighted by Crippen LogP contribution is 2.30. The van der Waals surface area contributed by atoms with Crippen molar-refractivity contribution >= 4 is 23.3 Å². The summed E-state index contributed by atoms with van der Waals surface area (Å²) in [6.07, 6.45) is -3.16. The molecule has 146 valence electrons. The number of carboxylic acid groups (broad SMARTS) is 1. The molecule has 0 aliphatic rings. The fourth-order valence-corrected chi connectivity index (χ4v) is 2.85. The van der Waals surface area contributed by atoms with Crippen molar-refractivity contribution in [3.63, 3.8) is 0 Å². The number of carbonyl (C=O) groups is 2. The molecular formula is C21H22N2O5. The summed E-state index contributed by atoms with van der Waals surface area (Å²) in [6, 6.07) is 14.1. The van der Waals surface area contributed by atoms with Crippen LogP contribution in [0.3, 0.4) is 0 Å². The van der Waals surface area contributed by atoms with Gasteiger partial charge in [0.15, 0.2) is 11.9 Å². The Labute approximate surface area is 162 Å². The number of rotatable bonds is 3.